The number of aromatic nitrogens is 4. The number of benzene rings is 1. The molecule has 0 aliphatic rings. The topological polar surface area (TPSA) is 51.6 Å². The number of aryl methyl sites for hydroxylation is 3. The maximum absolute atomic E-state index is 5.78. The van der Waals surface area contributed by atoms with Gasteiger partial charge < -0.3 is 0 Å². The number of hydrogen-bond donors (Lipinski definition) is 0. The van der Waals surface area contributed by atoms with Crippen molar-refractivity contribution in [3.8, 4) is 60.4 Å². The molecule has 4 nitrogen and oxygen atoms in total. The van der Waals surface area contributed by atoms with Gasteiger partial charge in [0.15, 0.2) is 0 Å². The van der Waals surface area contributed by atoms with Crippen molar-refractivity contribution in [2.45, 2.75) is 248 Å². The lowest BCUT2D eigenvalue weighted by Crippen LogP contribution is -2.04. The molecule has 0 aliphatic heterocycles. The van der Waals surface area contributed by atoms with E-state index in [0.717, 1.165) is 60.4 Å². The Labute approximate surface area is 526 Å². The summed E-state index contributed by atoms with van der Waals surface area (Å²) < 4.78 is 2.36. The molecule has 12 heteroatoms. The van der Waals surface area contributed by atoms with Crippen LogP contribution < -0.4 is 0 Å². The third kappa shape index (κ3) is 17.4. The third-order valence-corrected chi connectivity index (χ3v) is 25.8. The Morgan fingerprint density at radius 1 is 0.366 bits per heavy atom. The summed E-state index contributed by atoms with van der Waals surface area (Å²) in [6, 6.07) is 16.8. The fraction of sp³-hybridized carbons (Fsp3) is 0.571. The van der Waals surface area contributed by atoms with Gasteiger partial charge in [-0.1, -0.05) is 208 Å². The van der Waals surface area contributed by atoms with Gasteiger partial charge in [-0.25, -0.2) is 19.9 Å². The summed E-state index contributed by atoms with van der Waals surface area (Å²) in [6.07, 6.45) is 45.3. The van der Waals surface area contributed by atoms with E-state index in [4.69, 9.17) is 19.9 Å². The van der Waals surface area contributed by atoms with Crippen molar-refractivity contribution in [2.24, 2.45) is 11.8 Å². The van der Waals surface area contributed by atoms with Gasteiger partial charge in [-0.3, -0.25) is 0 Å². The van der Waals surface area contributed by atoms with Crippen molar-refractivity contribution in [3.05, 3.63) is 79.9 Å². The summed E-state index contributed by atoms with van der Waals surface area (Å²) >= 11 is 15.1. The number of rotatable bonds is 39. The number of nitrogens with zero attached hydrogens (tertiary/aromatic N) is 4. The molecule has 0 aliphatic carbocycles. The van der Waals surface area contributed by atoms with E-state index in [1.54, 1.807) is 11.3 Å². The highest BCUT2D eigenvalue weighted by atomic mass is 32.1. The molecule has 82 heavy (non-hydrogen) atoms. The highest BCUT2D eigenvalue weighted by molar-refractivity contribution is 7.30. The van der Waals surface area contributed by atoms with Gasteiger partial charge in [0.25, 0.3) is 0 Å². The van der Waals surface area contributed by atoms with E-state index in [-0.39, 0.29) is 0 Å². The Hall–Kier alpha value is -2.94. The second kappa shape index (κ2) is 33.3. The maximum atomic E-state index is 5.78. The van der Waals surface area contributed by atoms with Gasteiger partial charge in [0.1, 0.15) is 20.0 Å². The second-order valence-corrected chi connectivity index (χ2v) is 32.6. The summed E-state index contributed by atoms with van der Waals surface area (Å²) in [5, 5.41) is 4.25. The van der Waals surface area contributed by atoms with Crippen LogP contribution in [0.4, 0.5) is 0 Å². The monoisotopic (exact) mass is 1250 g/mol. The first-order valence-electron chi connectivity index (χ1n) is 32.3. The van der Waals surface area contributed by atoms with E-state index in [1.165, 1.54) is 256 Å². The molecule has 442 valence electrons. The number of fused-ring (bicyclic) bond motifs is 2. The van der Waals surface area contributed by atoms with Crippen LogP contribution in [0.5, 0.6) is 0 Å². The fourth-order valence-electron chi connectivity index (χ4n) is 12.0. The van der Waals surface area contributed by atoms with Gasteiger partial charge in [-0.2, -0.15) is 0 Å². The number of hydrogen-bond acceptors (Lipinski definition) is 12. The quantitative estimate of drug-likeness (QED) is 0.0360. The zero-order valence-corrected chi connectivity index (χ0v) is 57.4. The van der Waals surface area contributed by atoms with Crippen molar-refractivity contribution in [1.29, 1.82) is 0 Å². The Balaban J connectivity index is 1.09. The first kappa shape index (κ1) is 63.6. The Morgan fingerprint density at radius 3 is 1.30 bits per heavy atom. The minimum absolute atomic E-state index is 0.746. The maximum Gasteiger partial charge on any atom is 0.134 e. The van der Waals surface area contributed by atoms with Crippen LogP contribution in [0.1, 0.15) is 239 Å². The minimum Gasteiger partial charge on any atom is -0.244 e. The van der Waals surface area contributed by atoms with Gasteiger partial charge in [-0.15, -0.1) is 90.7 Å². The lowest BCUT2D eigenvalue weighted by atomic mass is 9.91. The molecule has 9 aromatic rings. The SMILES string of the molecule is CCCCCCCCC(CCCCCC)Cc1ccc(-c2nc3c(-c4ncc(-c5ccc(-c6sc(C)cc6CCCCCC)s5)s4)c4sc(-c5ccc(CC(CCCCCC)CCCCCCCC)s5)nc4c(-c4ncc(C)s4)c3s2)s1. The van der Waals surface area contributed by atoms with Crippen molar-refractivity contribution in [2.75, 3.05) is 0 Å². The molecule has 0 bridgehead atoms. The van der Waals surface area contributed by atoms with Crippen molar-refractivity contribution in [3.63, 3.8) is 0 Å². The molecule has 0 N–H and O–H groups in total. The van der Waals surface area contributed by atoms with E-state index in [2.05, 4.69) is 97.1 Å². The predicted octanol–water partition coefficient (Wildman–Crippen LogP) is 26.6. The van der Waals surface area contributed by atoms with Gasteiger partial charge in [0.2, 0.25) is 0 Å². The third-order valence-electron chi connectivity index (χ3n) is 16.6. The van der Waals surface area contributed by atoms with Crippen LogP contribution in [0.3, 0.4) is 0 Å². The van der Waals surface area contributed by atoms with Crippen LogP contribution in [0, 0.1) is 25.7 Å². The summed E-state index contributed by atoms with van der Waals surface area (Å²) in [5.41, 5.74) is 5.87. The molecule has 2 unspecified atom stereocenters. The Kier molecular flexibility index (Phi) is 25.8. The van der Waals surface area contributed by atoms with Gasteiger partial charge >= 0.3 is 0 Å². The number of thiazole rings is 4. The standard InChI is InChI=1S/C70H94N4S8/c1-8-13-18-23-25-29-34-50(32-27-20-15-10-3)44-53-37-39-57(77-53)67-73-62-60(69-71-46-49(7)76-69)65-63(74-68(81-65)58-40-38-54(78-58)45-51(33-28-21-16-11-4)35-30-26-24-19-14-9-2)61(66(62)82-67)70-72-47-59(80-70)55-41-42-56(79-55)64-52(43-48(6)75-64)36-31-22-17-12-5/h37-43,46-47,50-51H,8-36,44-45H2,1-7H3. The molecule has 9 rings (SSSR count). The fourth-order valence-corrected chi connectivity index (χ4v) is 20.8. The number of thiophene rings is 4. The highest BCUT2D eigenvalue weighted by Crippen LogP contribution is 2.53. The molecular formula is C70H94N4S8. The van der Waals surface area contributed by atoms with E-state index in [9.17, 15) is 0 Å². The van der Waals surface area contributed by atoms with Crippen LogP contribution >= 0.6 is 90.7 Å². The van der Waals surface area contributed by atoms with Crippen LogP contribution in [0.15, 0.2) is 54.9 Å². The summed E-state index contributed by atoms with van der Waals surface area (Å²) in [7, 11) is 0. The minimum atomic E-state index is 0.746. The van der Waals surface area contributed by atoms with Crippen LogP contribution in [0.25, 0.3) is 80.9 Å². The predicted molar refractivity (Wildman–Crippen MR) is 373 cm³/mol. The van der Waals surface area contributed by atoms with Gasteiger partial charge in [-0.05, 0) is 99.4 Å². The van der Waals surface area contributed by atoms with E-state index in [0.29, 0.717) is 0 Å². The highest BCUT2D eigenvalue weighted by Gasteiger charge is 2.29. The molecule has 0 saturated carbocycles. The molecule has 8 aromatic heterocycles. The van der Waals surface area contributed by atoms with Crippen molar-refractivity contribution < 1.29 is 0 Å². The molecule has 8 heterocycles. The van der Waals surface area contributed by atoms with E-state index in [1.807, 2.05) is 85.6 Å². The summed E-state index contributed by atoms with van der Waals surface area (Å²) in [4.78, 5) is 35.6. The first-order valence-corrected chi connectivity index (χ1v) is 38.8. The molecule has 0 spiro atoms. The average molecular weight is 1250 g/mol. The molecule has 1 aromatic carbocycles. The normalized spacial score (nSPS) is 12.8. The number of unbranched alkanes of at least 4 members (excludes halogenated alkanes) is 19. The molecule has 0 amide bonds. The van der Waals surface area contributed by atoms with Crippen LogP contribution in [-0.4, -0.2) is 19.9 Å². The summed E-state index contributed by atoms with van der Waals surface area (Å²) in [5.74, 6) is 1.49. The van der Waals surface area contributed by atoms with Crippen molar-refractivity contribution >= 4 is 111 Å². The zero-order chi connectivity index (χ0) is 57.0. The summed E-state index contributed by atoms with van der Waals surface area (Å²) in [6.45, 7) is 16.1. The van der Waals surface area contributed by atoms with E-state index < -0.39 is 0 Å². The molecule has 0 saturated heterocycles. The first-order chi connectivity index (χ1) is 40.3. The van der Waals surface area contributed by atoms with Gasteiger partial charge in [0.05, 0.1) is 46.2 Å². The second-order valence-electron chi connectivity index (χ2n) is 23.6. The zero-order valence-electron chi connectivity index (χ0n) is 50.8. The van der Waals surface area contributed by atoms with Crippen LogP contribution in [0.2, 0.25) is 0 Å². The van der Waals surface area contributed by atoms with Crippen molar-refractivity contribution in [1.82, 2.24) is 19.9 Å². The van der Waals surface area contributed by atoms with Crippen LogP contribution in [-0.2, 0) is 19.3 Å². The molecule has 2 atom stereocenters. The Morgan fingerprint density at radius 2 is 0.805 bits per heavy atom. The molecular weight excluding hydrogens is 1150 g/mol. The Bertz CT molecular complexity index is 3160. The lowest BCUT2D eigenvalue weighted by Gasteiger charge is -2.16. The molecule has 0 fully saturated rings. The van der Waals surface area contributed by atoms with E-state index >= 15 is 0 Å². The smallest absolute Gasteiger partial charge is 0.134 e. The average Bonchev–Trinajstić information content (AvgIpc) is 4.44. The van der Waals surface area contributed by atoms with Gasteiger partial charge in [0, 0.05) is 46.5 Å². The largest absolute Gasteiger partial charge is 0.244 e. The lowest BCUT2D eigenvalue weighted by molar-refractivity contribution is 0.404. The molecule has 0 radical (unpaired) electrons.